The molecule has 3 amide bonds. The van der Waals surface area contributed by atoms with Gasteiger partial charge in [0, 0.05) is 19.3 Å². The molecule has 2 aliphatic rings. The normalized spacial score (nSPS) is 17.5. The molecule has 1 fully saturated rings. The van der Waals surface area contributed by atoms with E-state index >= 15 is 0 Å². The van der Waals surface area contributed by atoms with E-state index in [4.69, 9.17) is 5.73 Å². The van der Waals surface area contributed by atoms with Crippen molar-refractivity contribution in [3.8, 4) is 0 Å². The molecule has 0 spiro atoms. The monoisotopic (exact) mass is 417 g/mol. The van der Waals surface area contributed by atoms with Crippen LogP contribution in [0.2, 0.25) is 0 Å². The van der Waals surface area contributed by atoms with Gasteiger partial charge >= 0.3 is 6.03 Å². The average Bonchev–Trinajstić information content (AvgIpc) is 3.16. The molecule has 1 atom stereocenters. The van der Waals surface area contributed by atoms with Gasteiger partial charge in [0.05, 0.1) is 24.8 Å². The maximum Gasteiger partial charge on any atom is 0.329 e. The fourth-order valence-corrected chi connectivity index (χ4v) is 3.58. The van der Waals surface area contributed by atoms with E-state index in [1.807, 2.05) is 0 Å². The number of nitrogens with two attached hydrogens (primary N) is 1. The van der Waals surface area contributed by atoms with Crippen molar-refractivity contribution in [1.82, 2.24) is 15.3 Å². The Morgan fingerprint density at radius 3 is 2.83 bits per heavy atom. The molecule has 0 saturated carbocycles. The van der Waals surface area contributed by atoms with E-state index in [9.17, 15) is 18.4 Å². The number of carbonyl (C=O) groups excluding carboxylic acids is 2. The van der Waals surface area contributed by atoms with Crippen LogP contribution in [0.25, 0.3) is 0 Å². The molecule has 4 heterocycles. The maximum atomic E-state index is 13.4. The van der Waals surface area contributed by atoms with Crippen molar-refractivity contribution >= 4 is 29.3 Å². The lowest BCUT2D eigenvalue weighted by Crippen LogP contribution is -2.48. The number of carbonyl (C=O) groups is 2. The summed E-state index contributed by atoms with van der Waals surface area (Å²) in [6.45, 7) is -0.359. The molecule has 2 aliphatic heterocycles. The first kappa shape index (κ1) is 20.0. The number of hydrogen-bond donors (Lipinski definition) is 3. The average molecular weight is 417 g/mol. The quantitative estimate of drug-likeness (QED) is 0.678. The number of amides is 3. The van der Waals surface area contributed by atoms with Crippen LogP contribution in [0.1, 0.15) is 16.9 Å². The molecule has 0 unspecified atom stereocenters. The predicted octanol–water partition coefficient (Wildman–Crippen LogP) is 1.43. The van der Waals surface area contributed by atoms with Crippen LogP contribution in [0.4, 0.5) is 30.9 Å². The third kappa shape index (κ3) is 3.88. The summed E-state index contributed by atoms with van der Waals surface area (Å²) in [7, 11) is 0. The van der Waals surface area contributed by atoms with Crippen molar-refractivity contribution in [3.05, 3.63) is 42.2 Å². The van der Waals surface area contributed by atoms with E-state index in [-0.39, 0.29) is 11.7 Å². The zero-order valence-corrected chi connectivity index (χ0v) is 16.0. The molecule has 1 saturated heterocycles. The molecule has 30 heavy (non-hydrogen) atoms. The highest BCUT2D eigenvalue weighted by molar-refractivity contribution is 6.05. The van der Waals surface area contributed by atoms with Crippen LogP contribution in [0.5, 0.6) is 0 Å². The molecule has 0 radical (unpaired) electrons. The summed E-state index contributed by atoms with van der Waals surface area (Å²) in [5, 5.41) is 4.89. The minimum absolute atomic E-state index is 0.0558. The Kier molecular flexibility index (Phi) is 5.20. The van der Waals surface area contributed by atoms with Crippen LogP contribution in [-0.2, 0) is 0 Å². The summed E-state index contributed by atoms with van der Waals surface area (Å²) in [5.41, 5.74) is 5.65. The fraction of sp³-hybridized carbons (Fsp3) is 0.368. The first-order chi connectivity index (χ1) is 14.4. The van der Waals surface area contributed by atoms with Crippen molar-refractivity contribution in [3.63, 3.8) is 0 Å². The second-order valence-electron chi connectivity index (χ2n) is 7.19. The molecule has 2 aromatic heterocycles. The summed E-state index contributed by atoms with van der Waals surface area (Å²) in [4.78, 5) is 37.4. The van der Waals surface area contributed by atoms with E-state index in [1.54, 1.807) is 30.5 Å². The summed E-state index contributed by atoms with van der Waals surface area (Å²) >= 11 is 0. The zero-order valence-electron chi connectivity index (χ0n) is 16.0. The van der Waals surface area contributed by atoms with Crippen molar-refractivity contribution in [2.24, 2.45) is 5.73 Å². The van der Waals surface area contributed by atoms with E-state index in [1.165, 1.54) is 11.0 Å². The number of fused-ring (bicyclic) bond motifs is 4. The SMILES string of the molecule is NCC(F)(F)CNC(=O)c1ccc2c(n1)N(C(=O)Nc1ccccn1)[C@H]1CCN2C1. The second kappa shape index (κ2) is 7.82. The number of pyridine rings is 2. The molecular weight excluding hydrogens is 396 g/mol. The number of hydrogen-bond acceptors (Lipinski definition) is 6. The number of aromatic nitrogens is 2. The van der Waals surface area contributed by atoms with Gasteiger partial charge in [-0.3, -0.25) is 15.0 Å². The van der Waals surface area contributed by atoms with Crippen LogP contribution < -0.4 is 26.2 Å². The number of halogens is 2. The minimum atomic E-state index is -3.21. The summed E-state index contributed by atoms with van der Waals surface area (Å²) in [5.74, 6) is -3.26. The van der Waals surface area contributed by atoms with Crippen molar-refractivity contribution in [1.29, 1.82) is 0 Å². The topological polar surface area (TPSA) is 116 Å². The van der Waals surface area contributed by atoms with Crippen molar-refractivity contribution in [2.75, 3.05) is 41.3 Å². The highest BCUT2D eigenvalue weighted by atomic mass is 19.3. The van der Waals surface area contributed by atoms with Crippen LogP contribution in [-0.4, -0.2) is 60.0 Å². The van der Waals surface area contributed by atoms with Crippen LogP contribution in [0.15, 0.2) is 36.5 Å². The Balaban J connectivity index is 1.60. The van der Waals surface area contributed by atoms with Gasteiger partial charge in [-0.2, -0.15) is 0 Å². The predicted molar refractivity (Wildman–Crippen MR) is 107 cm³/mol. The number of nitrogens with one attached hydrogen (secondary N) is 2. The Morgan fingerprint density at radius 2 is 2.10 bits per heavy atom. The largest absolute Gasteiger partial charge is 0.366 e. The highest BCUT2D eigenvalue weighted by Crippen LogP contribution is 2.39. The lowest BCUT2D eigenvalue weighted by Gasteiger charge is -2.35. The third-order valence-corrected chi connectivity index (χ3v) is 5.11. The number of urea groups is 1. The van der Waals surface area contributed by atoms with E-state index in [0.29, 0.717) is 23.9 Å². The summed E-state index contributed by atoms with van der Waals surface area (Å²) < 4.78 is 26.7. The fourth-order valence-electron chi connectivity index (χ4n) is 3.58. The molecule has 11 heteroatoms. The van der Waals surface area contributed by atoms with Gasteiger partial charge in [-0.25, -0.2) is 23.5 Å². The van der Waals surface area contributed by atoms with E-state index in [2.05, 4.69) is 25.5 Å². The lowest BCUT2D eigenvalue weighted by atomic mass is 10.1. The Labute approximate surface area is 171 Å². The van der Waals surface area contributed by atoms with Crippen LogP contribution >= 0.6 is 0 Å². The first-order valence-corrected chi connectivity index (χ1v) is 9.51. The lowest BCUT2D eigenvalue weighted by molar-refractivity contribution is 0.0118. The Morgan fingerprint density at radius 1 is 1.27 bits per heavy atom. The van der Waals surface area contributed by atoms with E-state index in [0.717, 1.165) is 13.0 Å². The summed E-state index contributed by atoms with van der Waals surface area (Å²) in [6, 6.07) is 7.76. The zero-order chi connectivity index (χ0) is 21.3. The Bertz CT molecular complexity index is 957. The molecule has 9 nitrogen and oxygen atoms in total. The maximum absolute atomic E-state index is 13.4. The molecular formula is C19H21F2N7O2. The van der Waals surface area contributed by atoms with Crippen molar-refractivity contribution in [2.45, 2.75) is 18.4 Å². The third-order valence-electron chi connectivity index (χ3n) is 5.11. The van der Waals surface area contributed by atoms with Gasteiger partial charge in [0.15, 0.2) is 5.82 Å². The van der Waals surface area contributed by atoms with Gasteiger partial charge in [0.2, 0.25) is 0 Å². The number of anilines is 3. The van der Waals surface area contributed by atoms with Gasteiger partial charge in [-0.05, 0) is 30.7 Å². The van der Waals surface area contributed by atoms with Gasteiger partial charge in [0.25, 0.3) is 11.8 Å². The van der Waals surface area contributed by atoms with Gasteiger partial charge < -0.3 is 16.0 Å². The standard InChI is InChI=1S/C19H21F2N7O2/c20-19(21,10-22)11-24-17(29)13-4-5-14-16(25-13)28(12-6-8-27(14)9-12)18(30)26-15-3-1-2-7-23-15/h1-5,7,12H,6,8-11,22H2,(H,24,29)(H,23,26,30)/t12-/m0/s1. The van der Waals surface area contributed by atoms with Gasteiger partial charge in [-0.1, -0.05) is 6.07 Å². The molecule has 4 N–H and O–H groups in total. The van der Waals surface area contributed by atoms with Gasteiger partial charge in [-0.15, -0.1) is 0 Å². The molecule has 158 valence electrons. The van der Waals surface area contributed by atoms with Crippen LogP contribution in [0.3, 0.4) is 0 Å². The first-order valence-electron chi connectivity index (χ1n) is 9.51. The second-order valence-corrected chi connectivity index (χ2v) is 7.19. The molecule has 2 aromatic rings. The van der Waals surface area contributed by atoms with Gasteiger partial charge in [0.1, 0.15) is 11.5 Å². The summed E-state index contributed by atoms with van der Waals surface area (Å²) in [6.07, 6.45) is 2.31. The number of nitrogens with zero attached hydrogens (tertiary/aromatic N) is 4. The number of rotatable bonds is 5. The smallest absolute Gasteiger partial charge is 0.329 e. The minimum Gasteiger partial charge on any atom is -0.366 e. The molecule has 2 bridgehead atoms. The molecule has 0 aliphatic carbocycles. The molecule has 4 rings (SSSR count). The van der Waals surface area contributed by atoms with Crippen LogP contribution in [0, 0.1) is 0 Å². The van der Waals surface area contributed by atoms with E-state index < -0.39 is 31.0 Å². The Hall–Kier alpha value is -3.34. The molecule has 0 aromatic carbocycles. The van der Waals surface area contributed by atoms with Crippen molar-refractivity contribution < 1.29 is 18.4 Å². The highest BCUT2D eigenvalue weighted by Gasteiger charge is 2.40. The number of alkyl halides is 2.